The SMILES string of the molecule is CC(C)OCCCCCOc1ccc(-c2ccccc2)cc1. The van der Waals surface area contributed by atoms with Gasteiger partial charge in [0.05, 0.1) is 12.7 Å². The average Bonchev–Trinajstić information content (AvgIpc) is 2.55. The standard InChI is InChI=1S/C20H26O2/c1-17(2)21-15-7-4-8-16-22-20-13-11-19(12-14-20)18-9-5-3-6-10-18/h3,5-6,9-14,17H,4,7-8,15-16H2,1-2H3. The smallest absolute Gasteiger partial charge is 0.119 e. The van der Waals surface area contributed by atoms with Crippen LogP contribution in [0.25, 0.3) is 11.1 Å². The van der Waals surface area contributed by atoms with Gasteiger partial charge in [-0.1, -0.05) is 42.5 Å². The first-order valence-electron chi connectivity index (χ1n) is 8.15. The highest BCUT2D eigenvalue weighted by atomic mass is 16.5. The van der Waals surface area contributed by atoms with E-state index in [-0.39, 0.29) is 0 Å². The van der Waals surface area contributed by atoms with Crippen LogP contribution < -0.4 is 4.74 Å². The molecule has 2 aromatic rings. The van der Waals surface area contributed by atoms with Crippen LogP contribution >= 0.6 is 0 Å². The van der Waals surface area contributed by atoms with Gasteiger partial charge in [0.1, 0.15) is 5.75 Å². The number of hydrogen-bond donors (Lipinski definition) is 0. The number of benzene rings is 2. The fourth-order valence-corrected chi connectivity index (χ4v) is 2.26. The van der Waals surface area contributed by atoms with Gasteiger partial charge in [-0.3, -0.25) is 0 Å². The van der Waals surface area contributed by atoms with Gasteiger partial charge in [0.2, 0.25) is 0 Å². The van der Waals surface area contributed by atoms with Gasteiger partial charge in [0, 0.05) is 6.61 Å². The van der Waals surface area contributed by atoms with Crippen LogP contribution in [0.2, 0.25) is 0 Å². The molecule has 2 heteroatoms. The molecule has 0 saturated carbocycles. The Bertz CT molecular complexity index is 517. The number of ether oxygens (including phenoxy) is 2. The highest BCUT2D eigenvalue weighted by molar-refractivity contribution is 5.63. The van der Waals surface area contributed by atoms with Crippen LogP contribution in [0.1, 0.15) is 33.1 Å². The second kappa shape index (κ2) is 9.26. The van der Waals surface area contributed by atoms with Gasteiger partial charge < -0.3 is 9.47 Å². The van der Waals surface area contributed by atoms with E-state index in [1.54, 1.807) is 0 Å². The van der Waals surface area contributed by atoms with Crippen LogP contribution in [0.3, 0.4) is 0 Å². The molecule has 118 valence electrons. The first kappa shape index (κ1) is 16.6. The maximum Gasteiger partial charge on any atom is 0.119 e. The molecular formula is C20H26O2. The molecule has 0 unspecified atom stereocenters. The Labute approximate surface area is 134 Å². The molecule has 22 heavy (non-hydrogen) atoms. The van der Waals surface area contributed by atoms with Gasteiger partial charge in [-0.25, -0.2) is 0 Å². The molecule has 2 nitrogen and oxygen atoms in total. The zero-order valence-corrected chi connectivity index (χ0v) is 13.6. The molecule has 0 heterocycles. The molecule has 0 fully saturated rings. The summed E-state index contributed by atoms with van der Waals surface area (Å²) in [6.45, 7) is 5.76. The van der Waals surface area contributed by atoms with Gasteiger partial charge in [-0.15, -0.1) is 0 Å². The number of rotatable bonds is 9. The lowest BCUT2D eigenvalue weighted by atomic mass is 10.1. The fraction of sp³-hybridized carbons (Fsp3) is 0.400. The molecule has 0 radical (unpaired) electrons. The first-order chi connectivity index (χ1) is 10.8. The summed E-state index contributed by atoms with van der Waals surface area (Å²) in [4.78, 5) is 0. The summed E-state index contributed by atoms with van der Waals surface area (Å²) in [6.07, 6.45) is 3.66. The van der Waals surface area contributed by atoms with Crippen molar-refractivity contribution in [3.05, 3.63) is 54.6 Å². The van der Waals surface area contributed by atoms with Gasteiger partial charge >= 0.3 is 0 Å². The molecule has 0 aliphatic heterocycles. The van der Waals surface area contributed by atoms with Crippen LogP contribution in [-0.4, -0.2) is 19.3 Å². The number of hydrogen-bond acceptors (Lipinski definition) is 2. The lowest BCUT2D eigenvalue weighted by molar-refractivity contribution is 0.0752. The van der Waals surface area contributed by atoms with Crippen molar-refractivity contribution in [3.8, 4) is 16.9 Å². The van der Waals surface area contributed by atoms with E-state index in [2.05, 4.69) is 50.2 Å². The van der Waals surface area contributed by atoms with Gasteiger partial charge in [0.15, 0.2) is 0 Å². The predicted octanol–water partition coefficient (Wildman–Crippen LogP) is 5.33. The fourth-order valence-electron chi connectivity index (χ4n) is 2.26. The summed E-state index contributed by atoms with van der Waals surface area (Å²) in [7, 11) is 0. The van der Waals surface area contributed by atoms with Crippen molar-refractivity contribution in [1.29, 1.82) is 0 Å². The Kier molecular flexibility index (Phi) is 6.98. The average molecular weight is 298 g/mol. The van der Waals surface area contributed by atoms with E-state index < -0.39 is 0 Å². The summed E-state index contributed by atoms with van der Waals surface area (Å²) < 4.78 is 11.3. The minimum absolute atomic E-state index is 0.333. The largest absolute Gasteiger partial charge is 0.494 e. The minimum atomic E-state index is 0.333. The van der Waals surface area contributed by atoms with E-state index in [0.717, 1.165) is 38.2 Å². The molecule has 2 rings (SSSR count). The normalized spacial score (nSPS) is 10.9. The van der Waals surface area contributed by atoms with Crippen LogP contribution in [0.4, 0.5) is 0 Å². The van der Waals surface area contributed by atoms with E-state index in [0.29, 0.717) is 6.10 Å². The summed E-state index contributed by atoms with van der Waals surface area (Å²) >= 11 is 0. The molecule has 0 N–H and O–H groups in total. The van der Waals surface area contributed by atoms with Gasteiger partial charge in [-0.2, -0.15) is 0 Å². The van der Waals surface area contributed by atoms with E-state index in [1.165, 1.54) is 11.1 Å². The van der Waals surface area contributed by atoms with Crippen molar-refractivity contribution in [3.63, 3.8) is 0 Å². The molecule has 2 aromatic carbocycles. The summed E-state index contributed by atoms with van der Waals surface area (Å²) in [5.74, 6) is 0.943. The van der Waals surface area contributed by atoms with Crippen molar-refractivity contribution < 1.29 is 9.47 Å². The van der Waals surface area contributed by atoms with Crippen LogP contribution in [-0.2, 0) is 4.74 Å². The van der Waals surface area contributed by atoms with Crippen molar-refractivity contribution in [2.24, 2.45) is 0 Å². The van der Waals surface area contributed by atoms with Crippen molar-refractivity contribution in [2.45, 2.75) is 39.2 Å². The Morgan fingerprint density at radius 3 is 2.05 bits per heavy atom. The van der Waals surface area contributed by atoms with E-state index in [9.17, 15) is 0 Å². The molecule has 0 saturated heterocycles. The highest BCUT2D eigenvalue weighted by Gasteiger charge is 1.98. The predicted molar refractivity (Wildman–Crippen MR) is 92.3 cm³/mol. The summed E-state index contributed by atoms with van der Waals surface area (Å²) in [5.41, 5.74) is 2.46. The second-order valence-corrected chi connectivity index (χ2v) is 5.72. The van der Waals surface area contributed by atoms with Crippen LogP contribution in [0.5, 0.6) is 5.75 Å². The lowest BCUT2D eigenvalue weighted by Gasteiger charge is -2.09. The third kappa shape index (κ3) is 5.90. The third-order valence-corrected chi connectivity index (χ3v) is 3.47. The van der Waals surface area contributed by atoms with Gasteiger partial charge in [0.25, 0.3) is 0 Å². The minimum Gasteiger partial charge on any atom is -0.494 e. The van der Waals surface area contributed by atoms with Crippen LogP contribution in [0.15, 0.2) is 54.6 Å². The molecule has 0 bridgehead atoms. The van der Waals surface area contributed by atoms with Crippen molar-refractivity contribution in [2.75, 3.05) is 13.2 Å². The molecule has 0 aliphatic rings. The van der Waals surface area contributed by atoms with Crippen LogP contribution in [0, 0.1) is 0 Å². The monoisotopic (exact) mass is 298 g/mol. The zero-order valence-electron chi connectivity index (χ0n) is 13.6. The van der Waals surface area contributed by atoms with Gasteiger partial charge in [-0.05, 0) is 56.4 Å². The maximum absolute atomic E-state index is 5.78. The van der Waals surface area contributed by atoms with E-state index >= 15 is 0 Å². The maximum atomic E-state index is 5.78. The summed E-state index contributed by atoms with van der Waals surface area (Å²) in [6, 6.07) is 18.7. The molecule has 0 aromatic heterocycles. The lowest BCUT2D eigenvalue weighted by Crippen LogP contribution is -2.04. The highest BCUT2D eigenvalue weighted by Crippen LogP contribution is 2.22. The second-order valence-electron chi connectivity index (χ2n) is 5.72. The Morgan fingerprint density at radius 1 is 0.727 bits per heavy atom. The Morgan fingerprint density at radius 2 is 1.36 bits per heavy atom. The Hall–Kier alpha value is -1.80. The van der Waals surface area contributed by atoms with E-state index in [4.69, 9.17) is 9.47 Å². The van der Waals surface area contributed by atoms with E-state index in [1.807, 2.05) is 18.2 Å². The molecule has 0 spiro atoms. The van der Waals surface area contributed by atoms with Crippen molar-refractivity contribution >= 4 is 0 Å². The quantitative estimate of drug-likeness (QED) is 0.583. The first-order valence-corrected chi connectivity index (χ1v) is 8.15. The topological polar surface area (TPSA) is 18.5 Å². The molecular weight excluding hydrogens is 272 g/mol. The molecule has 0 aliphatic carbocycles. The molecule has 0 atom stereocenters. The van der Waals surface area contributed by atoms with Crippen molar-refractivity contribution in [1.82, 2.24) is 0 Å². The number of unbranched alkanes of at least 4 members (excludes halogenated alkanes) is 2. The zero-order chi connectivity index (χ0) is 15.6. The molecule has 0 amide bonds. The summed E-state index contributed by atoms with van der Waals surface area (Å²) in [5, 5.41) is 0. The third-order valence-electron chi connectivity index (χ3n) is 3.47. The Balaban J connectivity index is 1.67.